The molecule has 0 fully saturated rings. The molecule has 0 unspecified atom stereocenters. The minimum atomic E-state index is -0.503. The standard InChI is InChI=1S/C15H14BrClN2O5/c1-22-11-6-9(12(23-2)5-8(11)17)19-14(20)7-18-15(21)10-3-4-13(16)24-10/h3-6H,7H2,1-2H3,(H,18,21)(H,19,20). The van der Waals surface area contributed by atoms with Gasteiger partial charge in [-0.2, -0.15) is 0 Å². The number of amides is 2. The molecule has 2 aromatic rings. The van der Waals surface area contributed by atoms with E-state index in [2.05, 4.69) is 26.6 Å². The number of benzene rings is 1. The average Bonchev–Trinajstić information content (AvgIpc) is 3.00. The highest BCUT2D eigenvalue weighted by molar-refractivity contribution is 9.10. The van der Waals surface area contributed by atoms with Crippen LogP contribution in [0.25, 0.3) is 0 Å². The van der Waals surface area contributed by atoms with Crippen LogP contribution in [-0.2, 0) is 4.79 Å². The van der Waals surface area contributed by atoms with Crippen LogP contribution in [-0.4, -0.2) is 32.6 Å². The zero-order chi connectivity index (χ0) is 17.7. The molecule has 0 aliphatic carbocycles. The summed E-state index contributed by atoms with van der Waals surface area (Å²) in [7, 11) is 2.91. The molecule has 9 heteroatoms. The summed E-state index contributed by atoms with van der Waals surface area (Å²) in [6.07, 6.45) is 0. The lowest BCUT2D eigenvalue weighted by molar-refractivity contribution is -0.115. The Morgan fingerprint density at radius 1 is 1.21 bits per heavy atom. The summed E-state index contributed by atoms with van der Waals surface area (Å²) in [6.45, 7) is -0.245. The first-order valence-corrected chi connectivity index (χ1v) is 7.86. The maximum Gasteiger partial charge on any atom is 0.287 e. The van der Waals surface area contributed by atoms with Gasteiger partial charge >= 0.3 is 0 Å². The molecule has 1 aromatic carbocycles. The van der Waals surface area contributed by atoms with Crippen LogP contribution >= 0.6 is 27.5 Å². The number of ether oxygens (including phenoxy) is 2. The van der Waals surface area contributed by atoms with Crippen molar-refractivity contribution in [1.29, 1.82) is 0 Å². The van der Waals surface area contributed by atoms with Gasteiger partial charge in [0.25, 0.3) is 5.91 Å². The van der Waals surface area contributed by atoms with Crippen molar-refractivity contribution < 1.29 is 23.5 Å². The van der Waals surface area contributed by atoms with Crippen LogP contribution in [0.2, 0.25) is 5.02 Å². The van der Waals surface area contributed by atoms with E-state index in [1.54, 1.807) is 6.07 Å². The molecule has 0 aliphatic heterocycles. The average molecular weight is 418 g/mol. The molecule has 2 N–H and O–H groups in total. The number of methoxy groups -OCH3 is 2. The Labute approximate surface area is 151 Å². The summed E-state index contributed by atoms with van der Waals surface area (Å²) in [5, 5.41) is 5.42. The zero-order valence-electron chi connectivity index (χ0n) is 12.8. The van der Waals surface area contributed by atoms with Gasteiger partial charge in [-0.05, 0) is 28.1 Å². The van der Waals surface area contributed by atoms with Gasteiger partial charge in [0.15, 0.2) is 10.4 Å². The Balaban J connectivity index is 2.00. The molecule has 0 aliphatic rings. The Bertz CT molecular complexity index is 762. The number of carbonyl (C=O) groups excluding carboxylic acids is 2. The van der Waals surface area contributed by atoms with Crippen molar-refractivity contribution in [1.82, 2.24) is 5.32 Å². The van der Waals surface area contributed by atoms with Gasteiger partial charge in [0.1, 0.15) is 11.5 Å². The van der Waals surface area contributed by atoms with Gasteiger partial charge in [0.2, 0.25) is 5.91 Å². The number of furan rings is 1. The minimum absolute atomic E-state index is 0.0976. The number of rotatable bonds is 6. The maximum absolute atomic E-state index is 12.0. The van der Waals surface area contributed by atoms with Crippen LogP contribution < -0.4 is 20.1 Å². The number of halogens is 2. The summed E-state index contributed by atoms with van der Waals surface area (Å²) in [4.78, 5) is 23.8. The Morgan fingerprint density at radius 2 is 1.92 bits per heavy atom. The first-order valence-electron chi connectivity index (χ1n) is 6.69. The van der Waals surface area contributed by atoms with E-state index in [0.717, 1.165) is 0 Å². The fourth-order valence-corrected chi connectivity index (χ4v) is 2.37. The van der Waals surface area contributed by atoms with Crippen molar-refractivity contribution in [2.24, 2.45) is 0 Å². The van der Waals surface area contributed by atoms with Crippen molar-refractivity contribution in [2.75, 3.05) is 26.1 Å². The topological polar surface area (TPSA) is 89.8 Å². The molecule has 0 saturated carbocycles. The van der Waals surface area contributed by atoms with Crippen LogP contribution in [0.3, 0.4) is 0 Å². The Hall–Kier alpha value is -2.19. The third kappa shape index (κ3) is 4.42. The maximum atomic E-state index is 12.0. The van der Waals surface area contributed by atoms with E-state index in [9.17, 15) is 9.59 Å². The van der Waals surface area contributed by atoms with Crippen LogP contribution in [0.15, 0.2) is 33.4 Å². The molecule has 0 radical (unpaired) electrons. The molecule has 0 atom stereocenters. The van der Waals surface area contributed by atoms with E-state index in [1.807, 2.05) is 0 Å². The predicted molar refractivity (Wildman–Crippen MR) is 91.9 cm³/mol. The Morgan fingerprint density at radius 3 is 2.50 bits per heavy atom. The zero-order valence-corrected chi connectivity index (χ0v) is 15.2. The summed E-state index contributed by atoms with van der Waals surface area (Å²) >= 11 is 9.10. The monoisotopic (exact) mass is 416 g/mol. The quantitative estimate of drug-likeness (QED) is 0.754. The van der Waals surface area contributed by atoms with Gasteiger partial charge < -0.3 is 24.5 Å². The molecule has 128 valence electrons. The number of hydrogen-bond donors (Lipinski definition) is 2. The minimum Gasteiger partial charge on any atom is -0.495 e. The third-order valence-corrected chi connectivity index (χ3v) is 3.68. The second-order valence-electron chi connectivity index (χ2n) is 4.52. The number of nitrogens with one attached hydrogen (secondary N) is 2. The number of carbonyl (C=O) groups is 2. The van der Waals surface area contributed by atoms with Crippen molar-refractivity contribution in [3.63, 3.8) is 0 Å². The SMILES string of the molecule is COc1cc(NC(=O)CNC(=O)c2ccc(Br)o2)c(OC)cc1Cl. The van der Waals surface area contributed by atoms with Crippen LogP contribution in [0, 0.1) is 0 Å². The van der Waals surface area contributed by atoms with E-state index in [-0.39, 0.29) is 12.3 Å². The van der Waals surface area contributed by atoms with Gasteiger partial charge in [-0.1, -0.05) is 11.6 Å². The lowest BCUT2D eigenvalue weighted by Crippen LogP contribution is -2.32. The lowest BCUT2D eigenvalue weighted by Gasteiger charge is -2.13. The molecule has 0 spiro atoms. The molecular formula is C15H14BrClN2O5. The van der Waals surface area contributed by atoms with Gasteiger partial charge in [0, 0.05) is 12.1 Å². The molecule has 24 heavy (non-hydrogen) atoms. The fraction of sp³-hybridized carbons (Fsp3) is 0.200. The lowest BCUT2D eigenvalue weighted by atomic mass is 10.2. The van der Waals surface area contributed by atoms with E-state index in [1.165, 1.54) is 32.4 Å². The molecule has 0 bridgehead atoms. The van der Waals surface area contributed by atoms with Crippen molar-refractivity contribution >= 4 is 45.0 Å². The number of hydrogen-bond acceptors (Lipinski definition) is 5. The summed E-state index contributed by atoms with van der Waals surface area (Å²) < 4.78 is 15.8. The smallest absolute Gasteiger partial charge is 0.287 e. The van der Waals surface area contributed by atoms with Gasteiger partial charge in [-0.15, -0.1) is 0 Å². The van der Waals surface area contributed by atoms with Crippen LogP contribution in [0.5, 0.6) is 11.5 Å². The van der Waals surface area contributed by atoms with Gasteiger partial charge in [-0.3, -0.25) is 9.59 Å². The van der Waals surface area contributed by atoms with Crippen LogP contribution in [0.4, 0.5) is 5.69 Å². The Kier molecular flexibility index (Phi) is 6.10. The summed E-state index contributed by atoms with van der Waals surface area (Å²) in [6, 6.07) is 6.13. The van der Waals surface area contributed by atoms with E-state index >= 15 is 0 Å². The third-order valence-electron chi connectivity index (χ3n) is 2.95. The molecule has 2 amide bonds. The van der Waals surface area contributed by atoms with E-state index < -0.39 is 11.8 Å². The number of anilines is 1. The summed E-state index contributed by atoms with van der Waals surface area (Å²) in [5.41, 5.74) is 0.374. The fourth-order valence-electron chi connectivity index (χ4n) is 1.84. The highest BCUT2D eigenvalue weighted by Gasteiger charge is 2.15. The van der Waals surface area contributed by atoms with Crippen molar-refractivity contribution in [3.05, 3.63) is 39.7 Å². The molecule has 1 heterocycles. The predicted octanol–water partition coefficient (Wildman–Crippen LogP) is 3.08. The van der Waals surface area contributed by atoms with E-state index in [4.69, 9.17) is 25.5 Å². The normalized spacial score (nSPS) is 10.2. The second-order valence-corrected chi connectivity index (χ2v) is 5.71. The van der Waals surface area contributed by atoms with Gasteiger partial charge in [0.05, 0.1) is 31.5 Å². The molecule has 2 rings (SSSR count). The highest BCUT2D eigenvalue weighted by atomic mass is 79.9. The first-order chi connectivity index (χ1) is 11.4. The molecule has 1 aromatic heterocycles. The van der Waals surface area contributed by atoms with Crippen LogP contribution in [0.1, 0.15) is 10.6 Å². The van der Waals surface area contributed by atoms with Gasteiger partial charge in [-0.25, -0.2) is 0 Å². The van der Waals surface area contributed by atoms with Crippen molar-refractivity contribution in [3.8, 4) is 11.5 Å². The largest absolute Gasteiger partial charge is 0.495 e. The van der Waals surface area contributed by atoms with Crippen molar-refractivity contribution in [2.45, 2.75) is 0 Å². The highest BCUT2D eigenvalue weighted by Crippen LogP contribution is 2.35. The second kappa shape index (κ2) is 8.07. The summed E-state index contributed by atoms with van der Waals surface area (Å²) in [5.74, 6) is -0.0961. The molecule has 0 saturated heterocycles. The first kappa shape index (κ1) is 18.2. The molecular weight excluding hydrogens is 404 g/mol. The molecule has 7 nitrogen and oxygen atoms in total. The van der Waals surface area contributed by atoms with E-state index in [0.29, 0.717) is 26.9 Å².